The third-order valence-electron chi connectivity index (χ3n) is 2.91. The van der Waals surface area contributed by atoms with Crippen LogP contribution in [0.5, 0.6) is 0 Å². The molecule has 0 saturated carbocycles. The van der Waals surface area contributed by atoms with E-state index in [2.05, 4.69) is 15.4 Å². The molecule has 0 aliphatic rings. The van der Waals surface area contributed by atoms with Crippen molar-refractivity contribution >= 4 is 5.97 Å². The van der Waals surface area contributed by atoms with Gasteiger partial charge >= 0.3 is 5.97 Å². The van der Waals surface area contributed by atoms with E-state index in [9.17, 15) is 4.79 Å². The van der Waals surface area contributed by atoms with Crippen LogP contribution in [0.15, 0.2) is 6.20 Å². The Kier molecular flexibility index (Phi) is 3.37. The molecule has 2 aromatic heterocycles. The van der Waals surface area contributed by atoms with Gasteiger partial charge in [-0.15, -0.1) is 5.10 Å². The van der Waals surface area contributed by atoms with Gasteiger partial charge in [0.2, 0.25) is 0 Å². The minimum absolute atomic E-state index is 0.000981. The number of aryl methyl sites for hydroxylation is 1. The Morgan fingerprint density at radius 1 is 1.47 bits per heavy atom. The number of carboxylic acid groups (broad SMARTS) is 1. The molecule has 0 aliphatic carbocycles. The number of nitrogens with zero attached hydrogens (tertiary/aromatic N) is 5. The number of carbonyl (C=O) groups is 1. The van der Waals surface area contributed by atoms with Gasteiger partial charge in [-0.1, -0.05) is 26.0 Å². The Hall–Kier alpha value is -2.18. The van der Waals surface area contributed by atoms with Crippen LogP contribution in [0.25, 0.3) is 5.69 Å². The van der Waals surface area contributed by atoms with Crippen molar-refractivity contribution in [2.45, 2.75) is 33.1 Å². The first-order valence-electron chi connectivity index (χ1n) is 6.17. The predicted octanol–water partition coefficient (Wildman–Crippen LogP) is 1.38. The molecule has 0 aromatic carbocycles. The number of rotatable bonds is 4. The first kappa shape index (κ1) is 13.3. The van der Waals surface area contributed by atoms with Gasteiger partial charge in [0, 0.05) is 7.05 Å². The molecule has 0 bridgehead atoms. The van der Waals surface area contributed by atoms with Gasteiger partial charge in [0.25, 0.3) is 0 Å². The van der Waals surface area contributed by atoms with E-state index in [1.54, 1.807) is 9.36 Å². The summed E-state index contributed by atoms with van der Waals surface area (Å²) >= 11 is 0. The first-order chi connectivity index (χ1) is 8.95. The van der Waals surface area contributed by atoms with E-state index in [-0.39, 0.29) is 11.6 Å². The smallest absolute Gasteiger partial charge is 0.358 e. The highest BCUT2D eigenvalue weighted by atomic mass is 16.4. The Bertz CT molecular complexity index is 612. The minimum Gasteiger partial charge on any atom is -0.476 e. The summed E-state index contributed by atoms with van der Waals surface area (Å²) in [5.41, 5.74) is 2.25. The lowest BCUT2D eigenvalue weighted by molar-refractivity contribution is 0.0689. The zero-order valence-corrected chi connectivity index (χ0v) is 11.5. The maximum Gasteiger partial charge on any atom is 0.358 e. The zero-order chi connectivity index (χ0) is 14.2. The molecule has 7 nitrogen and oxygen atoms in total. The van der Waals surface area contributed by atoms with E-state index in [4.69, 9.17) is 5.11 Å². The normalized spacial score (nSPS) is 11.2. The summed E-state index contributed by atoms with van der Waals surface area (Å²) in [5, 5.41) is 21.2. The second kappa shape index (κ2) is 4.83. The van der Waals surface area contributed by atoms with Gasteiger partial charge < -0.3 is 5.11 Å². The van der Waals surface area contributed by atoms with Crippen LogP contribution in [-0.4, -0.2) is 35.9 Å². The predicted molar refractivity (Wildman–Crippen MR) is 68.6 cm³/mol. The lowest BCUT2D eigenvalue weighted by Crippen LogP contribution is -2.07. The van der Waals surface area contributed by atoms with E-state index in [0.29, 0.717) is 12.1 Å². The lowest BCUT2D eigenvalue weighted by Gasteiger charge is -2.07. The highest BCUT2D eigenvalue weighted by molar-refractivity contribution is 5.86. The standard InChI is InChI=1S/C12H17N5O2/c1-5-8-11(12(18)19)13-15-17(8)9-6-16(4)14-10(9)7(2)3/h6-7H,5H2,1-4H3,(H,18,19). The van der Waals surface area contributed by atoms with Crippen LogP contribution >= 0.6 is 0 Å². The quantitative estimate of drug-likeness (QED) is 0.900. The molecule has 0 atom stereocenters. The van der Waals surface area contributed by atoms with Gasteiger partial charge in [0.05, 0.1) is 17.6 Å². The number of hydrogen-bond acceptors (Lipinski definition) is 4. The molecular weight excluding hydrogens is 246 g/mol. The lowest BCUT2D eigenvalue weighted by atomic mass is 10.1. The average molecular weight is 263 g/mol. The molecule has 0 amide bonds. The molecule has 0 fully saturated rings. The van der Waals surface area contributed by atoms with Crippen LogP contribution in [0.1, 0.15) is 48.6 Å². The Labute approximate surface area is 110 Å². The minimum atomic E-state index is -1.06. The molecule has 1 N–H and O–H groups in total. The molecule has 2 heterocycles. The molecule has 19 heavy (non-hydrogen) atoms. The zero-order valence-electron chi connectivity index (χ0n) is 11.5. The Morgan fingerprint density at radius 3 is 2.68 bits per heavy atom. The summed E-state index contributed by atoms with van der Waals surface area (Å²) in [6.45, 7) is 5.95. The van der Waals surface area contributed by atoms with E-state index < -0.39 is 5.97 Å². The van der Waals surface area contributed by atoms with Crippen LogP contribution < -0.4 is 0 Å². The fourth-order valence-corrected chi connectivity index (χ4v) is 2.05. The maximum atomic E-state index is 11.1. The van der Waals surface area contributed by atoms with Gasteiger partial charge in [-0.25, -0.2) is 9.48 Å². The van der Waals surface area contributed by atoms with Crippen LogP contribution in [0.2, 0.25) is 0 Å². The van der Waals surface area contributed by atoms with Crippen molar-refractivity contribution in [3.05, 3.63) is 23.3 Å². The number of aromatic nitrogens is 5. The average Bonchev–Trinajstić information content (AvgIpc) is 2.90. The van der Waals surface area contributed by atoms with Gasteiger partial charge in [0.15, 0.2) is 5.69 Å². The summed E-state index contributed by atoms with van der Waals surface area (Å²) in [7, 11) is 1.83. The maximum absolute atomic E-state index is 11.1. The van der Waals surface area contributed by atoms with Crippen LogP contribution in [0.3, 0.4) is 0 Å². The molecule has 2 rings (SSSR count). The third-order valence-corrected chi connectivity index (χ3v) is 2.91. The highest BCUT2D eigenvalue weighted by Crippen LogP contribution is 2.22. The van der Waals surface area contributed by atoms with Crippen molar-refractivity contribution in [1.29, 1.82) is 0 Å². The molecule has 0 saturated heterocycles. The fraction of sp³-hybridized carbons (Fsp3) is 0.500. The summed E-state index contributed by atoms with van der Waals surface area (Å²) in [5.74, 6) is -0.837. The SMILES string of the molecule is CCc1c(C(=O)O)nnn1-c1cn(C)nc1C(C)C. The molecule has 102 valence electrons. The Balaban J connectivity index is 2.62. The molecule has 0 radical (unpaired) electrons. The molecule has 0 unspecified atom stereocenters. The number of aromatic carboxylic acids is 1. The molecule has 7 heteroatoms. The third kappa shape index (κ3) is 2.23. The van der Waals surface area contributed by atoms with E-state index >= 15 is 0 Å². The van der Waals surface area contributed by atoms with Gasteiger partial charge in [-0.3, -0.25) is 4.68 Å². The van der Waals surface area contributed by atoms with Crippen molar-refractivity contribution < 1.29 is 9.90 Å². The fourth-order valence-electron chi connectivity index (χ4n) is 2.05. The number of carboxylic acids is 1. The van der Waals surface area contributed by atoms with E-state index in [1.807, 2.05) is 34.0 Å². The second-order valence-corrected chi connectivity index (χ2v) is 4.68. The summed E-state index contributed by atoms with van der Waals surface area (Å²) in [6, 6.07) is 0. The Morgan fingerprint density at radius 2 is 2.16 bits per heavy atom. The first-order valence-corrected chi connectivity index (χ1v) is 6.17. The topological polar surface area (TPSA) is 85.8 Å². The molecule has 0 spiro atoms. The molecule has 0 aliphatic heterocycles. The van der Waals surface area contributed by atoms with Crippen molar-refractivity contribution in [3.8, 4) is 5.69 Å². The van der Waals surface area contributed by atoms with Crippen molar-refractivity contribution in [2.75, 3.05) is 0 Å². The van der Waals surface area contributed by atoms with Gasteiger partial charge in [-0.05, 0) is 12.3 Å². The van der Waals surface area contributed by atoms with Gasteiger partial charge in [0.1, 0.15) is 5.69 Å². The van der Waals surface area contributed by atoms with Crippen molar-refractivity contribution in [2.24, 2.45) is 7.05 Å². The van der Waals surface area contributed by atoms with E-state index in [1.165, 1.54) is 0 Å². The van der Waals surface area contributed by atoms with Crippen LogP contribution in [0, 0.1) is 0 Å². The van der Waals surface area contributed by atoms with Gasteiger partial charge in [-0.2, -0.15) is 5.10 Å². The molecular formula is C12H17N5O2. The monoisotopic (exact) mass is 263 g/mol. The van der Waals surface area contributed by atoms with Crippen molar-refractivity contribution in [1.82, 2.24) is 24.8 Å². The summed E-state index contributed by atoms with van der Waals surface area (Å²) in [4.78, 5) is 11.1. The van der Waals surface area contributed by atoms with E-state index in [0.717, 1.165) is 11.4 Å². The molecule has 2 aromatic rings. The second-order valence-electron chi connectivity index (χ2n) is 4.68. The summed E-state index contributed by atoms with van der Waals surface area (Å²) < 4.78 is 3.28. The summed E-state index contributed by atoms with van der Waals surface area (Å²) in [6.07, 6.45) is 2.37. The number of hydrogen-bond donors (Lipinski definition) is 1. The largest absolute Gasteiger partial charge is 0.476 e. The van der Waals surface area contributed by atoms with Crippen molar-refractivity contribution in [3.63, 3.8) is 0 Å². The van der Waals surface area contributed by atoms with Crippen LogP contribution in [-0.2, 0) is 13.5 Å². The highest BCUT2D eigenvalue weighted by Gasteiger charge is 2.22. The van der Waals surface area contributed by atoms with Crippen LogP contribution in [0.4, 0.5) is 0 Å².